The zero-order chi connectivity index (χ0) is 13.1. The van der Waals surface area contributed by atoms with Crippen molar-refractivity contribution in [2.75, 3.05) is 6.61 Å². The second-order valence-corrected chi connectivity index (χ2v) is 4.60. The van der Waals surface area contributed by atoms with Crippen molar-refractivity contribution in [2.24, 2.45) is 5.92 Å². The van der Waals surface area contributed by atoms with E-state index in [4.69, 9.17) is 4.74 Å². The molecule has 0 heterocycles. The van der Waals surface area contributed by atoms with Gasteiger partial charge in [0.1, 0.15) is 5.75 Å². The van der Waals surface area contributed by atoms with Gasteiger partial charge in [0.05, 0.1) is 17.1 Å². The third-order valence-corrected chi connectivity index (χ3v) is 3.25. The SMILES string of the molecule is CC(=O)c1cc([N+](=O)[O-])ccc1OCC1CCC1. The number of carbonyl (C=O) groups excluding carboxylic acids is 1. The Morgan fingerprint density at radius 3 is 2.72 bits per heavy atom. The first-order chi connectivity index (χ1) is 8.58. The van der Waals surface area contributed by atoms with E-state index in [-0.39, 0.29) is 17.0 Å². The third kappa shape index (κ3) is 2.67. The fourth-order valence-electron chi connectivity index (χ4n) is 1.90. The summed E-state index contributed by atoms with van der Waals surface area (Å²) in [5, 5.41) is 10.7. The maximum Gasteiger partial charge on any atom is 0.270 e. The van der Waals surface area contributed by atoms with Crippen molar-refractivity contribution in [1.82, 2.24) is 0 Å². The van der Waals surface area contributed by atoms with Crippen LogP contribution in [0.4, 0.5) is 5.69 Å². The van der Waals surface area contributed by atoms with Crippen LogP contribution < -0.4 is 4.74 Å². The molecule has 0 unspecified atom stereocenters. The number of nitrogens with zero attached hydrogens (tertiary/aromatic N) is 1. The molecule has 0 radical (unpaired) electrons. The van der Waals surface area contributed by atoms with Crippen molar-refractivity contribution < 1.29 is 14.5 Å². The number of ether oxygens (including phenoxy) is 1. The Balaban J connectivity index is 2.16. The van der Waals surface area contributed by atoms with E-state index in [0.29, 0.717) is 18.3 Å². The second kappa shape index (κ2) is 5.16. The zero-order valence-corrected chi connectivity index (χ0v) is 10.2. The maximum atomic E-state index is 11.5. The normalized spacial score (nSPS) is 14.9. The Morgan fingerprint density at radius 2 is 2.22 bits per heavy atom. The highest BCUT2D eigenvalue weighted by atomic mass is 16.6. The molecule has 5 heteroatoms. The molecule has 5 nitrogen and oxygen atoms in total. The number of carbonyl (C=O) groups is 1. The molecule has 18 heavy (non-hydrogen) atoms. The number of nitro benzene ring substituents is 1. The Hall–Kier alpha value is -1.91. The third-order valence-electron chi connectivity index (χ3n) is 3.25. The van der Waals surface area contributed by atoms with Crippen LogP contribution in [-0.4, -0.2) is 17.3 Å². The largest absolute Gasteiger partial charge is 0.493 e. The van der Waals surface area contributed by atoms with Gasteiger partial charge in [-0.2, -0.15) is 0 Å². The van der Waals surface area contributed by atoms with E-state index in [1.165, 1.54) is 31.5 Å². The summed E-state index contributed by atoms with van der Waals surface area (Å²) >= 11 is 0. The van der Waals surface area contributed by atoms with E-state index in [2.05, 4.69) is 0 Å². The van der Waals surface area contributed by atoms with E-state index in [1.54, 1.807) is 0 Å². The van der Waals surface area contributed by atoms with Crippen molar-refractivity contribution >= 4 is 11.5 Å². The number of benzene rings is 1. The molecule has 2 rings (SSSR count). The Kier molecular flexibility index (Phi) is 3.60. The minimum absolute atomic E-state index is 0.0869. The molecule has 0 aliphatic heterocycles. The molecule has 1 saturated carbocycles. The first-order valence-electron chi connectivity index (χ1n) is 6.00. The molecule has 1 aliphatic carbocycles. The van der Waals surface area contributed by atoms with Crippen molar-refractivity contribution in [3.63, 3.8) is 0 Å². The summed E-state index contributed by atoms with van der Waals surface area (Å²) in [6.45, 7) is 1.97. The van der Waals surface area contributed by atoms with Crippen molar-refractivity contribution in [3.8, 4) is 5.75 Å². The van der Waals surface area contributed by atoms with Gasteiger partial charge in [-0.05, 0) is 31.7 Å². The van der Waals surface area contributed by atoms with Crippen molar-refractivity contribution in [2.45, 2.75) is 26.2 Å². The number of Topliss-reactive ketones (excluding diaryl/α,β-unsaturated/α-hetero) is 1. The lowest BCUT2D eigenvalue weighted by Crippen LogP contribution is -2.19. The Labute approximate surface area is 105 Å². The molecule has 1 aliphatic rings. The molecule has 1 aromatic rings. The highest BCUT2D eigenvalue weighted by Gasteiger charge is 2.20. The average molecular weight is 249 g/mol. The topological polar surface area (TPSA) is 69.4 Å². The fraction of sp³-hybridized carbons (Fsp3) is 0.462. The van der Waals surface area contributed by atoms with Gasteiger partial charge in [0.25, 0.3) is 5.69 Å². The summed E-state index contributed by atoms with van der Waals surface area (Å²) in [5.74, 6) is 0.780. The quantitative estimate of drug-likeness (QED) is 0.457. The summed E-state index contributed by atoms with van der Waals surface area (Å²) < 4.78 is 5.59. The lowest BCUT2D eigenvalue weighted by atomic mass is 9.86. The van der Waals surface area contributed by atoms with Gasteiger partial charge in [0.2, 0.25) is 0 Å². The zero-order valence-electron chi connectivity index (χ0n) is 10.2. The van der Waals surface area contributed by atoms with Gasteiger partial charge < -0.3 is 4.74 Å². The van der Waals surface area contributed by atoms with Gasteiger partial charge in [-0.3, -0.25) is 14.9 Å². The van der Waals surface area contributed by atoms with E-state index in [9.17, 15) is 14.9 Å². The summed E-state index contributed by atoms with van der Waals surface area (Å²) in [6, 6.07) is 4.15. The lowest BCUT2D eigenvalue weighted by molar-refractivity contribution is -0.384. The number of non-ortho nitro benzene ring substituents is 1. The first-order valence-corrected chi connectivity index (χ1v) is 6.00. The predicted molar refractivity (Wildman–Crippen MR) is 65.9 cm³/mol. The predicted octanol–water partition coefficient (Wildman–Crippen LogP) is 2.98. The van der Waals surface area contributed by atoms with Crippen LogP contribution in [0.25, 0.3) is 0 Å². The number of hydrogen-bond donors (Lipinski definition) is 0. The number of hydrogen-bond acceptors (Lipinski definition) is 4. The van der Waals surface area contributed by atoms with Crippen LogP contribution >= 0.6 is 0 Å². The molecule has 1 aromatic carbocycles. The standard InChI is InChI=1S/C13H15NO4/c1-9(15)12-7-11(14(16)17)5-6-13(12)18-8-10-3-2-4-10/h5-7,10H,2-4,8H2,1H3. The highest BCUT2D eigenvalue weighted by molar-refractivity contribution is 5.97. The van der Waals surface area contributed by atoms with E-state index >= 15 is 0 Å². The first kappa shape index (κ1) is 12.5. The van der Waals surface area contributed by atoms with Crippen LogP contribution in [0.3, 0.4) is 0 Å². The Morgan fingerprint density at radius 1 is 1.50 bits per heavy atom. The molecule has 0 amide bonds. The monoisotopic (exact) mass is 249 g/mol. The van der Waals surface area contributed by atoms with Crippen molar-refractivity contribution in [3.05, 3.63) is 33.9 Å². The van der Waals surface area contributed by atoms with E-state index in [1.807, 2.05) is 0 Å². The molecule has 0 bridgehead atoms. The van der Waals surface area contributed by atoms with Crippen molar-refractivity contribution in [1.29, 1.82) is 0 Å². The molecule has 1 fully saturated rings. The molecule has 0 spiro atoms. The highest BCUT2D eigenvalue weighted by Crippen LogP contribution is 2.29. The number of rotatable bonds is 5. The molecule has 0 N–H and O–H groups in total. The molecule has 0 saturated heterocycles. The lowest BCUT2D eigenvalue weighted by Gasteiger charge is -2.25. The van der Waals surface area contributed by atoms with Gasteiger partial charge in [-0.1, -0.05) is 6.42 Å². The fourth-order valence-corrected chi connectivity index (χ4v) is 1.90. The van der Waals surface area contributed by atoms with Crippen LogP contribution in [0, 0.1) is 16.0 Å². The Bertz CT molecular complexity index is 480. The van der Waals surface area contributed by atoms with E-state index < -0.39 is 4.92 Å². The summed E-state index contributed by atoms with van der Waals surface area (Å²) in [5.41, 5.74) is 0.194. The van der Waals surface area contributed by atoms with Crippen LogP contribution in [0.2, 0.25) is 0 Å². The smallest absolute Gasteiger partial charge is 0.270 e. The van der Waals surface area contributed by atoms with Gasteiger partial charge in [-0.15, -0.1) is 0 Å². The van der Waals surface area contributed by atoms with Gasteiger partial charge in [-0.25, -0.2) is 0 Å². The second-order valence-electron chi connectivity index (χ2n) is 4.60. The number of nitro groups is 1. The maximum absolute atomic E-state index is 11.5. The number of ketones is 1. The summed E-state index contributed by atoms with van der Waals surface area (Å²) in [6.07, 6.45) is 3.54. The van der Waals surface area contributed by atoms with Gasteiger partial charge in [0.15, 0.2) is 5.78 Å². The summed E-state index contributed by atoms with van der Waals surface area (Å²) in [7, 11) is 0. The molecule has 0 atom stereocenters. The molecule has 0 aromatic heterocycles. The van der Waals surface area contributed by atoms with Crippen LogP contribution in [0.1, 0.15) is 36.5 Å². The van der Waals surface area contributed by atoms with Crippen LogP contribution in [-0.2, 0) is 0 Å². The van der Waals surface area contributed by atoms with Gasteiger partial charge >= 0.3 is 0 Å². The van der Waals surface area contributed by atoms with Crippen LogP contribution in [0.15, 0.2) is 18.2 Å². The average Bonchev–Trinajstić information content (AvgIpc) is 2.26. The molecule has 96 valence electrons. The molecular weight excluding hydrogens is 234 g/mol. The van der Waals surface area contributed by atoms with E-state index in [0.717, 1.165) is 12.8 Å². The summed E-state index contributed by atoms with van der Waals surface area (Å²) in [4.78, 5) is 21.6. The molecular formula is C13H15NO4. The van der Waals surface area contributed by atoms with Gasteiger partial charge in [0, 0.05) is 12.1 Å². The minimum atomic E-state index is -0.512. The minimum Gasteiger partial charge on any atom is -0.493 e. The van der Waals surface area contributed by atoms with Crippen LogP contribution in [0.5, 0.6) is 5.75 Å².